The molecule has 0 aromatic rings. The maximum Gasteiger partial charge on any atom is 0.305 e. The zero-order chi connectivity index (χ0) is 24.2. The van der Waals surface area contributed by atoms with E-state index in [4.69, 9.17) is 13.9 Å². The van der Waals surface area contributed by atoms with Gasteiger partial charge in [-0.25, -0.2) is 0 Å². The standard InChI is InChI=1S/C27H48O5Si/c1-25(2,3)33(6,7)32-17-27-14-10-11-18-16-31-23(22(18)27)24(29)26(4,19-12-8-9-13-19)20(27)15-21(28)30-5/h18-20,22-24,29H,8-17H2,1-7H3/t18-,20-,22+,23+,24+,26-,27-/m0/s1. The summed E-state index contributed by atoms with van der Waals surface area (Å²) in [4.78, 5) is 12.9. The third-order valence-electron chi connectivity index (χ3n) is 11.0. The van der Waals surface area contributed by atoms with Crippen LogP contribution < -0.4 is 0 Å². The summed E-state index contributed by atoms with van der Waals surface area (Å²) in [5, 5.41) is 12.1. The van der Waals surface area contributed by atoms with E-state index in [9.17, 15) is 9.90 Å². The molecule has 0 amide bonds. The van der Waals surface area contributed by atoms with E-state index in [0.29, 0.717) is 24.9 Å². The van der Waals surface area contributed by atoms with Crippen molar-refractivity contribution in [2.45, 2.75) is 109 Å². The molecule has 5 nitrogen and oxygen atoms in total. The van der Waals surface area contributed by atoms with Gasteiger partial charge in [0, 0.05) is 29.8 Å². The number of hydrogen-bond donors (Lipinski definition) is 1. The second kappa shape index (κ2) is 8.90. The van der Waals surface area contributed by atoms with Crippen molar-refractivity contribution >= 4 is 14.3 Å². The van der Waals surface area contributed by atoms with E-state index in [0.717, 1.165) is 38.7 Å². The minimum Gasteiger partial charge on any atom is -0.469 e. The number of rotatable bonds is 6. The Balaban J connectivity index is 1.81. The first-order chi connectivity index (χ1) is 15.4. The van der Waals surface area contributed by atoms with Crippen LogP contribution in [0.2, 0.25) is 18.1 Å². The van der Waals surface area contributed by atoms with Crippen molar-refractivity contribution in [3.63, 3.8) is 0 Å². The van der Waals surface area contributed by atoms with E-state index in [-0.39, 0.29) is 39.8 Å². The summed E-state index contributed by atoms with van der Waals surface area (Å²) in [5.74, 6) is 1.02. The third-order valence-corrected chi connectivity index (χ3v) is 15.5. The molecule has 1 N–H and O–H groups in total. The van der Waals surface area contributed by atoms with Crippen LogP contribution in [0.15, 0.2) is 0 Å². The molecule has 0 spiro atoms. The predicted octanol–water partition coefficient (Wildman–Crippen LogP) is 5.56. The van der Waals surface area contributed by atoms with Gasteiger partial charge in [0.15, 0.2) is 8.32 Å². The maximum absolute atomic E-state index is 12.9. The minimum absolute atomic E-state index is 0.0473. The molecule has 33 heavy (non-hydrogen) atoms. The topological polar surface area (TPSA) is 65.0 Å². The highest BCUT2D eigenvalue weighted by Gasteiger charge is 2.70. The van der Waals surface area contributed by atoms with E-state index >= 15 is 0 Å². The molecule has 0 bridgehead atoms. The Kier molecular flexibility index (Phi) is 6.92. The van der Waals surface area contributed by atoms with Gasteiger partial charge in [0.25, 0.3) is 0 Å². The van der Waals surface area contributed by atoms with Gasteiger partial charge >= 0.3 is 5.97 Å². The van der Waals surface area contributed by atoms with Gasteiger partial charge in [-0.3, -0.25) is 4.79 Å². The molecule has 4 rings (SSSR count). The zero-order valence-electron chi connectivity index (χ0n) is 22.1. The lowest BCUT2D eigenvalue weighted by Gasteiger charge is -2.64. The number of aliphatic hydroxyl groups excluding tert-OH is 1. The lowest BCUT2D eigenvalue weighted by Crippen LogP contribution is -2.68. The minimum atomic E-state index is -1.99. The highest BCUT2D eigenvalue weighted by Crippen LogP contribution is 2.68. The zero-order valence-corrected chi connectivity index (χ0v) is 23.1. The van der Waals surface area contributed by atoms with Crippen molar-refractivity contribution in [2.75, 3.05) is 20.3 Å². The summed E-state index contributed by atoms with van der Waals surface area (Å²) in [6, 6.07) is 0. The lowest BCUT2D eigenvalue weighted by molar-refractivity contribution is -0.234. The summed E-state index contributed by atoms with van der Waals surface area (Å²) < 4.78 is 18.7. The number of hydrogen-bond acceptors (Lipinski definition) is 5. The number of carbonyl (C=O) groups excluding carboxylic acids is 1. The van der Waals surface area contributed by atoms with Crippen LogP contribution in [0.1, 0.15) is 79.1 Å². The van der Waals surface area contributed by atoms with Crippen molar-refractivity contribution in [1.82, 2.24) is 0 Å². The molecule has 0 unspecified atom stereocenters. The fraction of sp³-hybridized carbons (Fsp3) is 0.963. The van der Waals surface area contributed by atoms with Gasteiger partial charge in [0.1, 0.15) is 0 Å². The third kappa shape index (κ3) is 4.05. The molecule has 0 aromatic carbocycles. The number of esters is 1. The second-order valence-electron chi connectivity index (χ2n) is 13.4. The van der Waals surface area contributed by atoms with Crippen molar-refractivity contribution in [3.8, 4) is 0 Å². The van der Waals surface area contributed by atoms with Gasteiger partial charge in [-0.15, -0.1) is 0 Å². The van der Waals surface area contributed by atoms with E-state index in [2.05, 4.69) is 40.8 Å². The Morgan fingerprint density at radius 3 is 2.42 bits per heavy atom. The molecule has 1 saturated heterocycles. The normalized spacial score (nSPS) is 41.8. The predicted molar refractivity (Wildman–Crippen MR) is 132 cm³/mol. The molecule has 4 aliphatic rings. The van der Waals surface area contributed by atoms with Crippen LogP contribution in [-0.4, -0.2) is 51.9 Å². The van der Waals surface area contributed by atoms with Gasteiger partial charge in [-0.1, -0.05) is 47.0 Å². The summed E-state index contributed by atoms with van der Waals surface area (Å²) in [7, 11) is -0.488. The van der Waals surface area contributed by atoms with Crippen LogP contribution in [0.3, 0.4) is 0 Å². The van der Waals surface area contributed by atoms with Crippen LogP contribution in [0, 0.1) is 34.5 Å². The largest absolute Gasteiger partial charge is 0.469 e. The molecule has 3 saturated carbocycles. The molecular formula is C27H48O5Si. The first-order valence-corrected chi connectivity index (χ1v) is 16.3. The van der Waals surface area contributed by atoms with Crippen LogP contribution in [0.25, 0.3) is 0 Å². The number of methoxy groups -OCH3 is 1. The molecule has 0 aromatic heterocycles. The average molecular weight is 481 g/mol. The maximum atomic E-state index is 12.9. The molecular weight excluding hydrogens is 432 g/mol. The summed E-state index contributed by atoms with van der Waals surface area (Å²) >= 11 is 0. The monoisotopic (exact) mass is 480 g/mol. The summed E-state index contributed by atoms with van der Waals surface area (Å²) in [5.41, 5.74) is -0.515. The van der Waals surface area contributed by atoms with Crippen LogP contribution in [-0.2, 0) is 18.7 Å². The van der Waals surface area contributed by atoms with Crippen molar-refractivity contribution in [2.24, 2.45) is 34.5 Å². The Morgan fingerprint density at radius 2 is 1.82 bits per heavy atom. The quantitative estimate of drug-likeness (QED) is 0.398. The summed E-state index contributed by atoms with van der Waals surface area (Å²) in [6.45, 7) is 15.2. The number of ether oxygens (including phenoxy) is 2. The Morgan fingerprint density at radius 1 is 1.15 bits per heavy atom. The van der Waals surface area contributed by atoms with Crippen LogP contribution >= 0.6 is 0 Å². The van der Waals surface area contributed by atoms with Crippen molar-refractivity contribution in [3.05, 3.63) is 0 Å². The smallest absolute Gasteiger partial charge is 0.305 e. The highest BCUT2D eigenvalue weighted by atomic mass is 28.4. The first kappa shape index (κ1) is 25.7. The lowest BCUT2D eigenvalue weighted by atomic mass is 9.42. The molecule has 4 fully saturated rings. The Bertz CT molecular complexity index is 727. The molecule has 3 aliphatic carbocycles. The van der Waals surface area contributed by atoms with Gasteiger partial charge < -0.3 is 19.0 Å². The van der Waals surface area contributed by atoms with E-state index in [1.165, 1.54) is 20.0 Å². The van der Waals surface area contributed by atoms with Gasteiger partial charge in [0.05, 0.1) is 25.9 Å². The summed E-state index contributed by atoms with van der Waals surface area (Å²) in [6.07, 6.45) is 7.73. The van der Waals surface area contributed by atoms with Gasteiger partial charge in [0.2, 0.25) is 0 Å². The fourth-order valence-electron chi connectivity index (χ4n) is 8.05. The van der Waals surface area contributed by atoms with Crippen LogP contribution in [0.5, 0.6) is 0 Å². The molecule has 6 heteroatoms. The van der Waals surface area contributed by atoms with Crippen molar-refractivity contribution in [1.29, 1.82) is 0 Å². The second-order valence-corrected chi connectivity index (χ2v) is 18.2. The van der Waals surface area contributed by atoms with E-state index < -0.39 is 14.4 Å². The number of aliphatic hydroxyl groups is 1. The fourth-order valence-corrected chi connectivity index (χ4v) is 9.11. The number of carbonyl (C=O) groups is 1. The average Bonchev–Trinajstić information content (AvgIpc) is 3.44. The van der Waals surface area contributed by atoms with E-state index in [1.54, 1.807) is 0 Å². The first-order valence-electron chi connectivity index (χ1n) is 13.4. The van der Waals surface area contributed by atoms with E-state index in [1.807, 2.05) is 0 Å². The molecule has 0 radical (unpaired) electrons. The van der Waals surface area contributed by atoms with Gasteiger partial charge in [-0.05, 0) is 61.6 Å². The molecule has 190 valence electrons. The van der Waals surface area contributed by atoms with Crippen molar-refractivity contribution < 1.29 is 23.8 Å². The Hall–Kier alpha value is -0.433. The molecule has 1 aliphatic heterocycles. The van der Waals surface area contributed by atoms with Gasteiger partial charge in [-0.2, -0.15) is 0 Å². The molecule has 7 atom stereocenters. The molecule has 1 heterocycles. The Labute approximate surface area is 202 Å². The van der Waals surface area contributed by atoms with Crippen LogP contribution in [0.4, 0.5) is 0 Å². The SMILES string of the molecule is COC(=O)C[C@@H]1[C@@]2(CO[Si](C)(C)C(C)(C)C)CCC[C@H]3CO[C@H]([C@@H]32)[C@@H](O)[C@@]1(C)C1CCCC1. The highest BCUT2D eigenvalue weighted by molar-refractivity contribution is 6.74.